The van der Waals surface area contributed by atoms with Gasteiger partial charge in [0.15, 0.2) is 5.82 Å². The predicted molar refractivity (Wildman–Crippen MR) is 123 cm³/mol. The lowest BCUT2D eigenvalue weighted by molar-refractivity contribution is 0.307. The van der Waals surface area contributed by atoms with E-state index in [1.54, 1.807) is 17.9 Å². The van der Waals surface area contributed by atoms with E-state index in [9.17, 15) is 4.79 Å². The number of aromatic amines is 1. The van der Waals surface area contributed by atoms with E-state index in [0.29, 0.717) is 40.1 Å². The second-order valence-corrected chi connectivity index (χ2v) is 7.83. The highest BCUT2D eigenvalue weighted by Crippen LogP contribution is 2.36. The summed E-state index contributed by atoms with van der Waals surface area (Å²) in [6, 6.07) is 14.8. The van der Waals surface area contributed by atoms with E-state index in [0.717, 1.165) is 30.6 Å². The number of fused-ring (bicyclic) bond motifs is 1. The lowest BCUT2D eigenvalue weighted by Gasteiger charge is -2.15. The molecule has 32 heavy (non-hydrogen) atoms. The Balaban J connectivity index is 1.58. The second kappa shape index (κ2) is 8.43. The largest absolute Gasteiger partial charge is 0.488 e. The first-order chi connectivity index (χ1) is 15.6. The highest BCUT2D eigenvalue weighted by atomic mass is 19.1. The Morgan fingerprint density at radius 3 is 2.78 bits per heavy atom. The maximum atomic E-state index is 15.6. The van der Waals surface area contributed by atoms with E-state index in [1.807, 2.05) is 48.5 Å². The topological polar surface area (TPSA) is 71.9 Å². The van der Waals surface area contributed by atoms with Crippen molar-refractivity contribution in [3.8, 4) is 17.0 Å². The Morgan fingerprint density at radius 1 is 1.16 bits per heavy atom. The number of nitrogens with zero attached hydrogens (tertiary/aromatic N) is 2. The number of ether oxygens (including phenoxy) is 1. The zero-order valence-corrected chi connectivity index (χ0v) is 17.7. The summed E-state index contributed by atoms with van der Waals surface area (Å²) in [6.07, 6.45) is 4.39. The molecule has 0 amide bonds. The third-order valence-corrected chi connectivity index (χ3v) is 5.73. The summed E-state index contributed by atoms with van der Waals surface area (Å²) in [4.78, 5) is 14.7. The molecule has 2 aromatic heterocycles. The molecule has 3 heterocycles. The highest BCUT2D eigenvalue weighted by molar-refractivity contribution is 5.96. The monoisotopic (exact) mass is 430 g/mol. The van der Waals surface area contributed by atoms with Gasteiger partial charge in [-0.15, -0.1) is 0 Å². The van der Waals surface area contributed by atoms with Crippen molar-refractivity contribution in [3.05, 3.63) is 88.1 Å². The molecule has 1 aliphatic heterocycles. The van der Waals surface area contributed by atoms with Crippen molar-refractivity contribution >= 4 is 16.5 Å². The van der Waals surface area contributed by atoms with Crippen LogP contribution in [-0.2, 0) is 13.7 Å². The molecule has 4 aromatic rings. The van der Waals surface area contributed by atoms with Crippen LogP contribution in [-0.4, -0.2) is 27.9 Å². The van der Waals surface area contributed by atoms with Crippen molar-refractivity contribution < 1.29 is 9.13 Å². The third-order valence-electron chi connectivity index (χ3n) is 5.73. The van der Waals surface area contributed by atoms with Crippen molar-refractivity contribution in [1.82, 2.24) is 20.1 Å². The van der Waals surface area contributed by atoms with E-state index >= 15 is 4.39 Å². The highest BCUT2D eigenvalue weighted by Gasteiger charge is 2.21. The molecule has 162 valence electrons. The van der Waals surface area contributed by atoms with Crippen LogP contribution in [0.4, 0.5) is 4.39 Å². The van der Waals surface area contributed by atoms with Crippen LogP contribution < -0.4 is 15.6 Å². The van der Waals surface area contributed by atoms with Gasteiger partial charge in [-0.2, -0.15) is 5.10 Å². The molecule has 7 heteroatoms. The number of hydrogen-bond donors (Lipinski definition) is 2. The number of benzene rings is 2. The summed E-state index contributed by atoms with van der Waals surface area (Å²) in [6.45, 7) is 1.88. The first-order valence-corrected chi connectivity index (χ1v) is 10.6. The van der Waals surface area contributed by atoms with Crippen LogP contribution in [0.2, 0.25) is 0 Å². The molecule has 0 spiro atoms. The van der Waals surface area contributed by atoms with Crippen molar-refractivity contribution in [3.63, 3.8) is 0 Å². The maximum absolute atomic E-state index is 15.6. The molecule has 0 unspecified atom stereocenters. The molecule has 6 nitrogen and oxygen atoms in total. The van der Waals surface area contributed by atoms with Crippen LogP contribution in [0, 0.1) is 5.82 Å². The summed E-state index contributed by atoms with van der Waals surface area (Å²) in [5, 5.41) is 8.52. The van der Waals surface area contributed by atoms with Gasteiger partial charge in [-0.3, -0.25) is 9.48 Å². The fourth-order valence-electron chi connectivity index (χ4n) is 4.13. The van der Waals surface area contributed by atoms with Crippen LogP contribution in [0.5, 0.6) is 5.75 Å². The Hall–Kier alpha value is -3.71. The molecule has 2 N–H and O–H groups in total. The van der Waals surface area contributed by atoms with E-state index in [1.165, 1.54) is 6.07 Å². The number of aromatic nitrogens is 3. The molecule has 0 saturated carbocycles. The molecule has 0 saturated heterocycles. The average molecular weight is 430 g/mol. The summed E-state index contributed by atoms with van der Waals surface area (Å²) in [5.74, 6) is 0.122. The van der Waals surface area contributed by atoms with Crippen LogP contribution in [0.3, 0.4) is 0 Å². The predicted octanol–water partition coefficient (Wildman–Crippen LogP) is 4.02. The molecule has 0 fully saturated rings. The number of nitrogens with one attached hydrogen (secondary N) is 2. The van der Waals surface area contributed by atoms with Gasteiger partial charge in [0.25, 0.3) is 5.56 Å². The SMILES string of the molecule is Cn1nc(-c2c[nH]c(=O)cc2OCc2ccccc2)c2ccc(C3=CCNCC3)c(F)c21. The van der Waals surface area contributed by atoms with Gasteiger partial charge in [0.05, 0.1) is 5.56 Å². The number of H-pyrrole nitrogens is 1. The quantitative estimate of drug-likeness (QED) is 0.502. The van der Waals surface area contributed by atoms with Crippen LogP contribution in [0.25, 0.3) is 27.7 Å². The molecule has 0 radical (unpaired) electrons. The zero-order valence-electron chi connectivity index (χ0n) is 17.7. The summed E-state index contributed by atoms with van der Waals surface area (Å²) in [5.41, 5.74) is 3.92. The molecular formula is C25H23FN4O2. The first kappa shape index (κ1) is 20.2. The fraction of sp³-hybridized carbons (Fsp3) is 0.200. The van der Waals surface area contributed by atoms with Crippen LogP contribution in [0.1, 0.15) is 17.5 Å². The maximum Gasteiger partial charge on any atom is 0.251 e. The molecule has 0 aliphatic carbocycles. The summed E-state index contributed by atoms with van der Waals surface area (Å²) in [7, 11) is 1.73. The molecule has 0 bridgehead atoms. The molecule has 5 rings (SSSR count). The lowest BCUT2D eigenvalue weighted by Crippen LogP contribution is -2.20. The van der Waals surface area contributed by atoms with Gasteiger partial charge in [-0.25, -0.2) is 4.39 Å². The number of aryl methyl sites for hydroxylation is 1. The normalized spacial score (nSPS) is 13.9. The first-order valence-electron chi connectivity index (χ1n) is 10.6. The Labute approximate surface area is 184 Å². The van der Waals surface area contributed by atoms with Gasteiger partial charge < -0.3 is 15.0 Å². The van der Waals surface area contributed by atoms with Gasteiger partial charge in [0, 0.05) is 36.8 Å². The minimum Gasteiger partial charge on any atom is -0.488 e. The van der Waals surface area contributed by atoms with E-state index < -0.39 is 0 Å². The smallest absolute Gasteiger partial charge is 0.251 e. The Kier molecular flexibility index (Phi) is 5.33. The van der Waals surface area contributed by atoms with Gasteiger partial charge in [-0.1, -0.05) is 42.5 Å². The van der Waals surface area contributed by atoms with Gasteiger partial charge in [-0.05, 0) is 30.2 Å². The summed E-state index contributed by atoms with van der Waals surface area (Å²) < 4.78 is 23.1. The van der Waals surface area contributed by atoms with E-state index in [2.05, 4.69) is 15.4 Å². The molecular weight excluding hydrogens is 407 g/mol. The fourth-order valence-corrected chi connectivity index (χ4v) is 4.13. The minimum atomic E-state index is -0.284. The minimum absolute atomic E-state index is 0.275. The van der Waals surface area contributed by atoms with Gasteiger partial charge in [0.1, 0.15) is 23.6 Å². The van der Waals surface area contributed by atoms with Crippen LogP contribution >= 0.6 is 0 Å². The lowest BCUT2D eigenvalue weighted by atomic mass is 9.97. The Morgan fingerprint density at radius 2 is 2.00 bits per heavy atom. The third kappa shape index (κ3) is 3.71. The molecule has 2 aromatic carbocycles. The van der Waals surface area contributed by atoms with Gasteiger partial charge >= 0.3 is 0 Å². The number of rotatable bonds is 5. The van der Waals surface area contributed by atoms with Crippen molar-refractivity contribution in [2.24, 2.45) is 7.05 Å². The molecule has 0 atom stereocenters. The van der Waals surface area contributed by atoms with Gasteiger partial charge in [0.2, 0.25) is 0 Å². The average Bonchev–Trinajstić information content (AvgIpc) is 3.16. The second-order valence-electron chi connectivity index (χ2n) is 7.83. The van der Waals surface area contributed by atoms with Crippen LogP contribution in [0.15, 0.2) is 65.6 Å². The van der Waals surface area contributed by atoms with E-state index in [4.69, 9.17) is 4.74 Å². The zero-order chi connectivity index (χ0) is 22.1. The number of pyridine rings is 1. The van der Waals surface area contributed by atoms with Crippen molar-refractivity contribution in [2.45, 2.75) is 13.0 Å². The van der Waals surface area contributed by atoms with Crippen molar-refractivity contribution in [2.75, 3.05) is 13.1 Å². The van der Waals surface area contributed by atoms with E-state index in [-0.39, 0.29) is 11.4 Å². The standard InChI is InChI=1S/C25H23FN4O2/c1-30-25-19(8-7-18(23(25)26)17-9-11-27-12-10-17)24(29-30)20-14-28-22(31)13-21(20)32-15-16-5-3-2-4-6-16/h2-9,13-14,27H,10-12,15H2,1H3,(H,28,31). The van der Waals surface area contributed by atoms with Crippen molar-refractivity contribution in [1.29, 1.82) is 0 Å². The Bertz CT molecular complexity index is 1370. The summed E-state index contributed by atoms with van der Waals surface area (Å²) >= 11 is 0. The number of hydrogen-bond acceptors (Lipinski definition) is 4. The number of halogens is 1. The molecule has 1 aliphatic rings.